The van der Waals surface area contributed by atoms with Gasteiger partial charge in [-0.25, -0.2) is 4.79 Å². The number of nitrogens with zero attached hydrogens (tertiary/aromatic N) is 2. The van der Waals surface area contributed by atoms with Gasteiger partial charge in [0.15, 0.2) is 0 Å². The van der Waals surface area contributed by atoms with Gasteiger partial charge in [0.1, 0.15) is 12.6 Å². The summed E-state index contributed by atoms with van der Waals surface area (Å²) in [6.45, 7) is 4.38. The van der Waals surface area contributed by atoms with Crippen LogP contribution in [-0.4, -0.2) is 28.6 Å². The van der Waals surface area contributed by atoms with Crippen molar-refractivity contribution in [3.8, 4) is 0 Å². The molecule has 1 aliphatic heterocycles. The Labute approximate surface area is 181 Å². The number of hydrazine groups is 1. The van der Waals surface area contributed by atoms with Gasteiger partial charge in [0, 0.05) is 18.3 Å². The number of anilines is 1. The quantitative estimate of drug-likeness (QED) is 0.488. The first-order valence-electron chi connectivity index (χ1n) is 10.1. The standard InChI is InChI=1S/C23H26N4O4/c1-17-8-13-22(27(29)30)18(2)26(17)25-21-11-9-19(10-12-21)14-15-24-23(28)31-16-20-6-4-3-5-7-20/h3-13,18,25H,14-16H2,1-2H3,(H,24,28). The summed E-state index contributed by atoms with van der Waals surface area (Å²) < 4.78 is 5.19. The molecule has 31 heavy (non-hydrogen) atoms. The topological polar surface area (TPSA) is 96.7 Å². The smallest absolute Gasteiger partial charge is 0.407 e. The third kappa shape index (κ3) is 6.08. The number of allylic oxidation sites excluding steroid dienone is 3. The second kappa shape index (κ2) is 10.3. The van der Waals surface area contributed by atoms with Gasteiger partial charge in [0.2, 0.25) is 0 Å². The molecule has 1 heterocycles. The fourth-order valence-corrected chi connectivity index (χ4v) is 3.23. The van der Waals surface area contributed by atoms with E-state index in [1.54, 1.807) is 24.1 Å². The molecule has 1 amide bonds. The number of amides is 1. The second-order valence-corrected chi connectivity index (χ2v) is 7.25. The SMILES string of the molecule is CC1=CC=C([N+](=O)[O-])C(C)N1Nc1ccc(CCNC(=O)OCc2ccccc2)cc1. The first-order chi connectivity index (χ1) is 14.9. The molecular formula is C23H26N4O4. The zero-order valence-corrected chi connectivity index (χ0v) is 17.6. The van der Waals surface area contributed by atoms with Crippen LogP contribution in [0.3, 0.4) is 0 Å². The number of rotatable bonds is 8. The Balaban J connectivity index is 1.45. The summed E-state index contributed by atoms with van der Waals surface area (Å²) in [6, 6.07) is 16.8. The average Bonchev–Trinajstić information content (AvgIpc) is 2.76. The molecule has 2 aromatic rings. The molecule has 2 aromatic carbocycles. The molecule has 1 unspecified atom stereocenters. The van der Waals surface area contributed by atoms with Crippen molar-refractivity contribution >= 4 is 11.8 Å². The Kier molecular flexibility index (Phi) is 7.26. The van der Waals surface area contributed by atoms with Crippen molar-refractivity contribution in [3.05, 3.63) is 99.4 Å². The molecule has 0 bridgehead atoms. The summed E-state index contributed by atoms with van der Waals surface area (Å²) in [5.41, 5.74) is 7.07. The zero-order chi connectivity index (χ0) is 22.2. The lowest BCUT2D eigenvalue weighted by atomic mass is 10.1. The summed E-state index contributed by atoms with van der Waals surface area (Å²) in [5, 5.41) is 15.7. The summed E-state index contributed by atoms with van der Waals surface area (Å²) in [4.78, 5) is 22.6. The highest BCUT2D eigenvalue weighted by Crippen LogP contribution is 2.23. The maximum atomic E-state index is 11.8. The molecule has 0 fully saturated rings. The first-order valence-corrected chi connectivity index (χ1v) is 10.1. The Morgan fingerprint density at radius 3 is 2.48 bits per heavy atom. The number of carbonyl (C=O) groups excluding carboxylic acids is 1. The van der Waals surface area contributed by atoms with E-state index in [9.17, 15) is 14.9 Å². The second-order valence-electron chi connectivity index (χ2n) is 7.25. The molecule has 2 N–H and O–H groups in total. The third-order valence-corrected chi connectivity index (χ3v) is 5.00. The molecule has 0 radical (unpaired) electrons. The van der Waals surface area contributed by atoms with Crippen LogP contribution in [0.1, 0.15) is 25.0 Å². The predicted octanol–water partition coefficient (Wildman–Crippen LogP) is 4.25. The number of hydrogen-bond acceptors (Lipinski definition) is 6. The minimum absolute atomic E-state index is 0.139. The van der Waals surface area contributed by atoms with E-state index in [0.717, 1.165) is 22.5 Å². The van der Waals surface area contributed by atoms with Crippen LogP contribution in [0.5, 0.6) is 0 Å². The molecule has 162 valence electrons. The number of nitro groups is 1. The van der Waals surface area contributed by atoms with Crippen molar-refractivity contribution in [2.75, 3.05) is 12.0 Å². The first kappa shape index (κ1) is 21.9. The molecule has 0 aromatic heterocycles. The van der Waals surface area contributed by atoms with Crippen LogP contribution in [0.25, 0.3) is 0 Å². The molecule has 0 spiro atoms. The van der Waals surface area contributed by atoms with Crippen LogP contribution >= 0.6 is 0 Å². The lowest BCUT2D eigenvalue weighted by Gasteiger charge is -2.33. The summed E-state index contributed by atoms with van der Waals surface area (Å²) in [7, 11) is 0. The summed E-state index contributed by atoms with van der Waals surface area (Å²) in [6.07, 6.45) is 3.48. The van der Waals surface area contributed by atoms with Crippen LogP contribution in [0, 0.1) is 10.1 Å². The van der Waals surface area contributed by atoms with Crippen molar-refractivity contribution < 1.29 is 14.5 Å². The highest BCUT2D eigenvalue weighted by atomic mass is 16.6. The largest absolute Gasteiger partial charge is 0.445 e. The van der Waals surface area contributed by atoms with Gasteiger partial charge < -0.3 is 10.1 Å². The van der Waals surface area contributed by atoms with E-state index < -0.39 is 12.1 Å². The maximum absolute atomic E-state index is 11.8. The van der Waals surface area contributed by atoms with Crippen molar-refractivity contribution in [2.45, 2.75) is 32.9 Å². The van der Waals surface area contributed by atoms with E-state index in [4.69, 9.17) is 4.74 Å². The van der Waals surface area contributed by atoms with E-state index in [1.807, 2.05) is 61.5 Å². The van der Waals surface area contributed by atoms with Crippen LogP contribution in [0.15, 0.2) is 78.1 Å². The van der Waals surface area contributed by atoms with Crippen molar-refractivity contribution in [3.63, 3.8) is 0 Å². The van der Waals surface area contributed by atoms with E-state index >= 15 is 0 Å². The Hall–Kier alpha value is -3.81. The van der Waals surface area contributed by atoms with Crippen molar-refractivity contribution in [1.29, 1.82) is 0 Å². The van der Waals surface area contributed by atoms with Gasteiger partial charge in [-0.05, 0) is 49.6 Å². The van der Waals surface area contributed by atoms with Gasteiger partial charge in [-0.3, -0.25) is 20.5 Å². The number of alkyl carbamates (subject to hydrolysis) is 1. The predicted molar refractivity (Wildman–Crippen MR) is 119 cm³/mol. The molecule has 1 atom stereocenters. The fourth-order valence-electron chi connectivity index (χ4n) is 3.23. The van der Waals surface area contributed by atoms with E-state index in [1.165, 1.54) is 0 Å². The molecule has 1 aliphatic rings. The molecule has 0 saturated carbocycles. The van der Waals surface area contributed by atoms with Crippen LogP contribution in [-0.2, 0) is 17.8 Å². The van der Waals surface area contributed by atoms with Gasteiger partial charge in [-0.2, -0.15) is 0 Å². The van der Waals surface area contributed by atoms with E-state index in [2.05, 4.69) is 10.7 Å². The highest BCUT2D eigenvalue weighted by Gasteiger charge is 2.29. The highest BCUT2D eigenvalue weighted by molar-refractivity contribution is 5.67. The number of benzene rings is 2. The normalized spacial score (nSPS) is 15.5. The minimum Gasteiger partial charge on any atom is -0.445 e. The summed E-state index contributed by atoms with van der Waals surface area (Å²) in [5.74, 6) is 0. The molecule has 3 rings (SSSR count). The Morgan fingerprint density at radius 2 is 1.81 bits per heavy atom. The molecule has 0 saturated heterocycles. The monoisotopic (exact) mass is 422 g/mol. The van der Waals surface area contributed by atoms with Crippen molar-refractivity contribution in [1.82, 2.24) is 10.3 Å². The molecule has 8 heteroatoms. The molecule has 8 nitrogen and oxygen atoms in total. The lowest BCUT2D eigenvalue weighted by Crippen LogP contribution is -2.41. The van der Waals surface area contributed by atoms with Crippen molar-refractivity contribution in [2.24, 2.45) is 0 Å². The third-order valence-electron chi connectivity index (χ3n) is 5.00. The minimum atomic E-state index is -0.446. The number of ether oxygens (including phenoxy) is 1. The van der Waals surface area contributed by atoms with Gasteiger partial charge >= 0.3 is 6.09 Å². The zero-order valence-electron chi connectivity index (χ0n) is 17.6. The van der Waals surface area contributed by atoms with E-state index in [-0.39, 0.29) is 17.2 Å². The molecular weight excluding hydrogens is 396 g/mol. The molecule has 0 aliphatic carbocycles. The van der Waals surface area contributed by atoms with Crippen LogP contribution in [0.4, 0.5) is 10.5 Å². The number of nitrogens with one attached hydrogen (secondary N) is 2. The van der Waals surface area contributed by atoms with Crippen LogP contribution in [0.2, 0.25) is 0 Å². The number of hydrogen-bond donors (Lipinski definition) is 2. The van der Waals surface area contributed by atoms with E-state index in [0.29, 0.717) is 13.0 Å². The number of carbonyl (C=O) groups is 1. The van der Waals surface area contributed by atoms with Gasteiger partial charge in [0.25, 0.3) is 5.70 Å². The Morgan fingerprint density at radius 1 is 1.10 bits per heavy atom. The fraction of sp³-hybridized carbons (Fsp3) is 0.261. The van der Waals surface area contributed by atoms with Gasteiger partial charge in [-0.15, -0.1) is 0 Å². The summed E-state index contributed by atoms with van der Waals surface area (Å²) >= 11 is 0. The maximum Gasteiger partial charge on any atom is 0.407 e. The lowest BCUT2D eigenvalue weighted by molar-refractivity contribution is -0.432. The Bertz CT molecular complexity index is 971. The van der Waals surface area contributed by atoms with Gasteiger partial charge in [-0.1, -0.05) is 42.5 Å². The average molecular weight is 422 g/mol. The van der Waals surface area contributed by atoms with Crippen LogP contribution < -0.4 is 10.7 Å². The van der Waals surface area contributed by atoms with Gasteiger partial charge in [0.05, 0.1) is 10.6 Å².